The summed E-state index contributed by atoms with van der Waals surface area (Å²) in [5.74, 6) is 5.20. The molecule has 8 atom stereocenters. The van der Waals surface area contributed by atoms with Crippen molar-refractivity contribution in [1.82, 2.24) is 0 Å². The number of allylic oxidation sites excluding steroid dienone is 2. The first-order valence-corrected chi connectivity index (χ1v) is 12.5. The molecule has 1 unspecified atom stereocenters. The van der Waals surface area contributed by atoms with Gasteiger partial charge in [0.25, 0.3) is 0 Å². The van der Waals surface area contributed by atoms with Gasteiger partial charge in [-0.1, -0.05) is 54.8 Å². The number of aliphatic hydroxyl groups is 1. The Bertz CT molecular complexity index is 556. The molecule has 0 aromatic rings. The van der Waals surface area contributed by atoms with Gasteiger partial charge in [0.05, 0.1) is 5.60 Å². The third-order valence-corrected chi connectivity index (χ3v) is 10.2. The molecule has 0 amide bonds. The molecule has 4 rings (SSSR count). The van der Waals surface area contributed by atoms with Crippen molar-refractivity contribution in [2.75, 3.05) is 5.33 Å². The average molecular weight is 423 g/mol. The standard InChI is InChI=1S/C24H39BrO/c1-4-11-24(26)13-10-18-17(14-24)5-6-20-19(18)9-12-23(3)21(16(2)15-25)7-8-22(20)23/h7,16-20,22,26H,4-6,8-15H2,1-3H3/t16?,17-,18+,19-,20-,22+,23-,24-/m1/s1. The van der Waals surface area contributed by atoms with E-state index in [0.717, 1.165) is 60.6 Å². The van der Waals surface area contributed by atoms with Crippen LogP contribution in [0, 0.1) is 40.9 Å². The van der Waals surface area contributed by atoms with Crippen molar-refractivity contribution in [3.05, 3.63) is 11.6 Å². The Labute approximate surface area is 169 Å². The lowest BCUT2D eigenvalue weighted by Crippen LogP contribution is -2.50. The van der Waals surface area contributed by atoms with Gasteiger partial charge in [-0.05, 0) is 98.7 Å². The van der Waals surface area contributed by atoms with Crippen LogP contribution >= 0.6 is 15.9 Å². The van der Waals surface area contributed by atoms with E-state index in [4.69, 9.17) is 0 Å². The van der Waals surface area contributed by atoms with Crippen LogP contribution in [0.2, 0.25) is 0 Å². The molecule has 1 nitrogen and oxygen atoms in total. The molecule has 0 heterocycles. The SMILES string of the molecule is CCC[C@@]1(O)CC[C@H]2[C@H](CC[C@@H]3[C@@H]2CC[C@]2(C)C(C(C)CBr)=CC[C@@H]32)C1. The molecule has 0 radical (unpaired) electrons. The molecular weight excluding hydrogens is 384 g/mol. The van der Waals surface area contributed by atoms with Crippen LogP contribution in [0.3, 0.4) is 0 Å². The predicted molar refractivity (Wildman–Crippen MR) is 113 cm³/mol. The lowest BCUT2D eigenvalue weighted by molar-refractivity contribution is -0.101. The van der Waals surface area contributed by atoms with E-state index < -0.39 is 0 Å². The van der Waals surface area contributed by atoms with E-state index in [2.05, 4.69) is 42.8 Å². The van der Waals surface area contributed by atoms with Crippen LogP contribution in [0.25, 0.3) is 0 Å². The van der Waals surface area contributed by atoms with Crippen molar-refractivity contribution >= 4 is 15.9 Å². The summed E-state index contributed by atoms with van der Waals surface area (Å²) in [7, 11) is 0. The smallest absolute Gasteiger partial charge is 0.0650 e. The van der Waals surface area contributed by atoms with Crippen molar-refractivity contribution in [1.29, 1.82) is 0 Å². The Kier molecular flexibility index (Phi) is 5.41. The highest BCUT2D eigenvalue weighted by atomic mass is 79.9. The maximum absolute atomic E-state index is 11.0. The number of alkyl halides is 1. The van der Waals surface area contributed by atoms with Crippen molar-refractivity contribution in [3.8, 4) is 0 Å². The minimum Gasteiger partial charge on any atom is -0.390 e. The second kappa shape index (κ2) is 7.21. The third kappa shape index (κ3) is 3.06. The Morgan fingerprint density at radius 2 is 1.92 bits per heavy atom. The van der Waals surface area contributed by atoms with Crippen LogP contribution in [0.15, 0.2) is 11.6 Å². The highest BCUT2D eigenvalue weighted by Crippen LogP contribution is 2.64. The van der Waals surface area contributed by atoms with Crippen LogP contribution in [-0.2, 0) is 0 Å². The maximum Gasteiger partial charge on any atom is 0.0650 e. The van der Waals surface area contributed by atoms with E-state index in [9.17, 15) is 5.11 Å². The summed E-state index contributed by atoms with van der Waals surface area (Å²) in [6.45, 7) is 7.23. The summed E-state index contributed by atoms with van der Waals surface area (Å²) in [5, 5.41) is 12.1. The summed E-state index contributed by atoms with van der Waals surface area (Å²) in [4.78, 5) is 0. The summed E-state index contributed by atoms with van der Waals surface area (Å²) >= 11 is 3.74. The van der Waals surface area contributed by atoms with E-state index >= 15 is 0 Å². The van der Waals surface area contributed by atoms with E-state index in [1.165, 1.54) is 38.5 Å². The molecule has 0 aliphatic heterocycles. The van der Waals surface area contributed by atoms with Crippen molar-refractivity contribution in [3.63, 3.8) is 0 Å². The molecule has 4 aliphatic carbocycles. The van der Waals surface area contributed by atoms with E-state index in [0.29, 0.717) is 11.3 Å². The maximum atomic E-state index is 11.0. The van der Waals surface area contributed by atoms with E-state index in [-0.39, 0.29) is 5.60 Å². The lowest BCUT2D eigenvalue weighted by atomic mass is 9.48. The van der Waals surface area contributed by atoms with Gasteiger partial charge in [-0.3, -0.25) is 0 Å². The van der Waals surface area contributed by atoms with Gasteiger partial charge in [0.1, 0.15) is 0 Å². The molecule has 26 heavy (non-hydrogen) atoms. The van der Waals surface area contributed by atoms with Crippen molar-refractivity contribution < 1.29 is 5.11 Å². The van der Waals surface area contributed by atoms with Gasteiger partial charge in [0, 0.05) is 5.33 Å². The van der Waals surface area contributed by atoms with Gasteiger partial charge < -0.3 is 5.11 Å². The molecule has 0 bridgehead atoms. The highest BCUT2D eigenvalue weighted by Gasteiger charge is 2.55. The topological polar surface area (TPSA) is 20.2 Å². The number of halogens is 1. The van der Waals surface area contributed by atoms with Gasteiger partial charge in [0.2, 0.25) is 0 Å². The fourth-order valence-electron chi connectivity index (χ4n) is 8.10. The van der Waals surface area contributed by atoms with E-state index in [1.54, 1.807) is 5.57 Å². The van der Waals surface area contributed by atoms with Crippen LogP contribution in [0.4, 0.5) is 0 Å². The van der Waals surface area contributed by atoms with Crippen LogP contribution in [0.1, 0.15) is 85.0 Å². The van der Waals surface area contributed by atoms with Gasteiger partial charge in [-0.25, -0.2) is 0 Å². The Morgan fingerprint density at radius 3 is 2.65 bits per heavy atom. The predicted octanol–water partition coefficient (Wildman–Crippen LogP) is 6.74. The molecule has 1 N–H and O–H groups in total. The zero-order valence-electron chi connectivity index (χ0n) is 17.1. The average Bonchev–Trinajstić information content (AvgIpc) is 2.98. The zero-order valence-corrected chi connectivity index (χ0v) is 18.7. The summed E-state index contributed by atoms with van der Waals surface area (Å²) in [6, 6.07) is 0. The molecule has 4 aliphatic rings. The molecule has 0 aromatic carbocycles. The van der Waals surface area contributed by atoms with Gasteiger partial charge in [-0.15, -0.1) is 0 Å². The summed E-state index contributed by atoms with van der Waals surface area (Å²) in [6.07, 6.45) is 15.2. The van der Waals surface area contributed by atoms with E-state index in [1.807, 2.05) is 0 Å². The number of hydrogen-bond acceptors (Lipinski definition) is 1. The van der Waals surface area contributed by atoms with Crippen LogP contribution in [0.5, 0.6) is 0 Å². The quantitative estimate of drug-likeness (QED) is 0.392. The van der Waals surface area contributed by atoms with Gasteiger partial charge in [-0.2, -0.15) is 0 Å². The molecular formula is C24H39BrO. The fraction of sp³-hybridized carbons (Fsp3) is 0.917. The number of hydrogen-bond donors (Lipinski definition) is 1. The molecule has 0 aromatic heterocycles. The highest BCUT2D eigenvalue weighted by molar-refractivity contribution is 9.09. The number of fused-ring (bicyclic) bond motifs is 5. The van der Waals surface area contributed by atoms with Crippen molar-refractivity contribution in [2.45, 2.75) is 90.6 Å². The molecule has 148 valence electrons. The van der Waals surface area contributed by atoms with Gasteiger partial charge >= 0.3 is 0 Å². The lowest BCUT2D eigenvalue weighted by Gasteiger charge is -2.57. The Hall–Kier alpha value is 0.180. The van der Waals surface area contributed by atoms with Crippen LogP contribution in [-0.4, -0.2) is 16.0 Å². The second-order valence-electron chi connectivity index (χ2n) is 10.6. The van der Waals surface area contributed by atoms with Crippen LogP contribution < -0.4 is 0 Å². The Morgan fingerprint density at radius 1 is 1.15 bits per heavy atom. The normalized spacial score (nSPS) is 49.0. The minimum absolute atomic E-state index is 0.334. The third-order valence-electron chi connectivity index (χ3n) is 9.22. The summed E-state index contributed by atoms with van der Waals surface area (Å²) < 4.78 is 0. The number of rotatable bonds is 4. The monoisotopic (exact) mass is 422 g/mol. The Balaban J connectivity index is 1.50. The summed E-state index contributed by atoms with van der Waals surface area (Å²) in [5.41, 5.74) is 1.90. The molecule has 3 saturated carbocycles. The largest absolute Gasteiger partial charge is 0.390 e. The molecule has 3 fully saturated rings. The molecule has 0 spiro atoms. The van der Waals surface area contributed by atoms with Gasteiger partial charge in [0.15, 0.2) is 0 Å². The molecule has 2 heteroatoms. The molecule has 0 saturated heterocycles. The first kappa shape index (κ1) is 19.5. The zero-order chi connectivity index (χ0) is 18.5. The van der Waals surface area contributed by atoms with Crippen molar-refractivity contribution in [2.24, 2.45) is 40.9 Å². The fourth-order valence-corrected chi connectivity index (χ4v) is 8.45. The second-order valence-corrected chi connectivity index (χ2v) is 11.2. The first-order chi connectivity index (χ1) is 12.4. The minimum atomic E-state index is -0.334. The first-order valence-electron chi connectivity index (χ1n) is 11.4.